The number of benzene rings is 3. The zero-order valence-electron chi connectivity index (χ0n) is 14.1. The number of aryl methyl sites for hydroxylation is 1. The van der Waals surface area contributed by atoms with Crippen LogP contribution < -0.4 is 5.32 Å². The molecular weight excluding hydrogens is 310 g/mol. The van der Waals surface area contributed by atoms with Crippen LogP contribution in [0.4, 0.5) is 5.69 Å². The van der Waals surface area contributed by atoms with Crippen LogP contribution in [0, 0.1) is 0 Å². The average Bonchev–Trinajstić information content (AvgIpc) is 3.00. The molecule has 4 nitrogen and oxygen atoms in total. The first kappa shape index (κ1) is 15.4. The van der Waals surface area contributed by atoms with Crippen LogP contribution in [-0.4, -0.2) is 15.5 Å². The summed E-state index contributed by atoms with van der Waals surface area (Å²) >= 11 is 0. The summed E-state index contributed by atoms with van der Waals surface area (Å²) in [5, 5.41) is 5.21. The van der Waals surface area contributed by atoms with E-state index in [1.807, 2.05) is 71.3 Å². The standard InChI is InChI=1S/C21H19N3O/c1-2-20-22-18-11-5-6-13-19(18)24(20)14-21(25)23-17-12-7-9-15-8-3-4-10-16(15)17/h3-13H,2,14H2,1H3,(H,23,25). The molecule has 4 rings (SSSR count). The first-order valence-corrected chi connectivity index (χ1v) is 8.48. The van der Waals surface area contributed by atoms with Crippen molar-refractivity contribution >= 4 is 33.4 Å². The average molecular weight is 329 g/mol. The summed E-state index contributed by atoms with van der Waals surface area (Å²) in [6.07, 6.45) is 0.788. The van der Waals surface area contributed by atoms with E-state index in [0.717, 1.165) is 39.7 Å². The van der Waals surface area contributed by atoms with Gasteiger partial charge in [-0.1, -0.05) is 55.5 Å². The molecule has 0 aliphatic carbocycles. The maximum Gasteiger partial charge on any atom is 0.244 e. The Balaban J connectivity index is 1.64. The summed E-state index contributed by atoms with van der Waals surface area (Å²) in [7, 11) is 0. The van der Waals surface area contributed by atoms with Crippen molar-refractivity contribution in [2.45, 2.75) is 19.9 Å². The van der Waals surface area contributed by atoms with Crippen LogP contribution in [0.1, 0.15) is 12.7 Å². The molecule has 4 aromatic rings. The van der Waals surface area contributed by atoms with E-state index in [9.17, 15) is 4.79 Å². The smallest absolute Gasteiger partial charge is 0.244 e. The molecule has 0 saturated heterocycles. The van der Waals surface area contributed by atoms with Gasteiger partial charge in [0.1, 0.15) is 12.4 Å². The van der Waals surface area contributed by atoms with Crippen molar-refractivity contribution in [1.82, 2.24) is 9.55 Å². The van der Waals surface area contributed by atoms with Gasteiger partial charge in [-0.15, -0.1) is 0 Å². The highest BCUT2D eigenvalue weighted by Crippen LogP contribution is 2.23. The second-order valence-electron chi connectivity index (χ2n) is 6.03. The second kappa shape index (κ2) is 6.40. The van der Waals surface area contributed by atoms with Gasteiger partial charge in [-0.2, -0.15) is 0 Å². The van der Waals surface area contributed by atoms with Gasteiger partial charge in [-0.25, -0.2) is 4.98 Å². The van der Waals surface area contributed by atoms with Gasteiger partial charge in [-0.05, 0) is 23.6 Å². The third kappa shape index (κ3) is 2.87. The van der Waals surface area contributed by atoms with E-state index in [-0.39, 0.29) is 12.5 Å². The Kier molecular flexibility index (Phi) is 3.94. The maximum atomic E-state index is 12.7. The highest BCUT2D eigenvalue weighted by Gasteiger charge is 2.13. The van der Waals surface area contributed by atoms with Crippen molar-refractivity contribution in [2.75, 3.05) is 5.32 Å². The molecular formula is C21H19N3O. The van der Waals surface area contributed by atoms with Gasteiger partial charge in [0.25, 0.3) is 0 Å². The fraction of sp³-hybridized carbons (Fsp3) is 0.143. The van der Waals surface area contributed by atoms with Crippen molar-refractivity contribution in [3.63, 3.8) is 0 Å². The summed E-state index contributed by atoms with van der Waals surface area (Å²) in [6.45, 7) is 2.31. The Labute approximate surface area is 146 Å². The van der Waals surface area contributed by atoms with Crippen LogP contribution in [0.5, 0.6) is 0 Å². The molecule has 0 bridgehead atoms. The molecule has 0 radical (unpaired) electrons. The number of nitrogens with one attached hydrogen (secondary N) is 1. The number of amides is 1. The predicted octanol–water partition coefficient (Wildman–Crippen LogP) is 4.39. The molecule has 25 heavy (non-hydrogen) atoms. The number of para-hydroxylation sites is 2. The van der Waals surface area contributed by atoms with E-state index < -0.39 is 0 Å². The Hall–Kier alpha value is -3.14. The van der Waals surface area contributed by atoms with Gasteiger partial charge in [0.2, 0.25) is 5.91 Å². The lowest BCUT2D eigenvalue weighted by molar-refractivity contribution is -0.116. The zero-order chi connectivity index (χ0) is 17.2. The SMILES string of the molecule is CCc1nc2ccccc2n1CC(=O)Nc1cccc2ccccc12. The molecule has 1 heterocycles. The molecule has 0 atom stereocenters. The highest BCUT2D eigenvalue weighted by molar-refractivity contribution is 6.02. The number of anilines is 1. The van der Waals surface area contributed by atoms with Crippen molar-refractivity contribution < 1.29 is 4.79 Å². The maximum absolute atomic E-state index is 12.7. The number of nitrogens with zero attached hydrogens (tertiary/aromatic N) is 2. The highest BCUT2D eigenvalue weighted by atomic mass is 16.1. The largest absolute Gasteiger partial charge is 0.324 e. The molecule has 1 N–H and O–H groups in total. The Morgan fingerprint density at radius 1 is 1.00 bits per heavy atom. The van der Waals surface area contributed by atoms with Crippen LogP contribution in [0.3, 0.4) is 0 Å². The first-order chi connectivity index (χ1) is 12.3. The molecule has 0 aliphatic rings. The van der Waals surface area contributed by atoms with E-state index in [1.54, 1.807) is 0 Å². The number of carbonyl (C=O) groups excluding carboxylic acids is 1. The summed E-state index contributed by atoms with van der Waals surface area (Å²) in [5.41, 5.74) is 2.76. The minimum Gasteiger partial charge on any atom is -0.324 e. The molecule has 0 fully saturated rings. The fourth-order valence-corrected chi connectivity index (χ4v) is 3.24. The Morgan fingerprint density at radius 3 is 2.64 bits per heavy atom. The van der Waals surface area contributed by atoms with Crippen molar-refractivity contribution in [2.24, 2.45) is 0 Å². The third-order valence-electron chi connectivity index (χ3n) is 4.42. The number of rotatable bonds is 4. The topological polar surface area (TPSA) is 46.9 Å². The lowest BCUT2D eigenvalue weighted by atomic mass is 10.1. The van der Waals surface area contributed by atoms with Crippen molar-refractivity contribution in [3.05, 3.63) is 72.6 Å². The van der Waals surface area contributed by atoms with E-state index >= 15 is 0 Å². The molecule has 0 aliphatic heterocycles. The molecule has 124 valence electrons. The number of aromatic nitrogens is 2. The van der Waals surface area contributed by atoms with E-state index in [1.165, 1.54) is 0 Å². The third-order valence-corrected chi connectivity index (χ3v) is 4.42. The van der Waals surface area contributed by atoms with E-state index in [4.69, 9.17) is 0 Å². The van der Waals surface area contributed by atoms with E-state index in [2.05, 4.69) is 17.2 Å². The minimum atomic E-state index is -0.0470. The molecule has 1 aromatic heterocycles. The van der Waals surface area contributed by atoms with Gasteiger partial charge in [0, 0.05) is 17.5 Å². The van der Waals surface area contributed by atoms with Crippen LogP contribution in [0.2, 0.25) is 0 Å². The summed E-state index contributed by atoms with van der Waals surface area (Å²) < 4.78 is 2.00. The monoisotopic (exact) mass is 329 g/mol. The normalized spacial score (nSPS) is 11.1. The van der Waals surface area contributed by atoms with Gasteiger partial charge in [0.05, 0.1) is 11.0 Å². The minimum absolute atomic E-state index is 0.0470. The van der Waals surface area contributed by atoms with Gasteiger partial charge < -0.3 is 9.88 Å². The predicted molar refractivity (Wildman–Crippen MR) is 102 cm³/mol. The van der Waals surface area contributed by atoms with Crippen molar-refractivity contribution in [1.29, 1.82) is 0 Å². The first-order valence-electron chi connectivity index (χ1n) is 8.48. The molecule has 0 saturated carbocycles. The molecule has 1 amide bonds. The Morgan fingerprint density at radius 2 is 1.76 bits per heavy atom. The van der Waals surface area contributed by atoms with Crippen LogP contribution >= 0.6 is 0 Å². The van der Waals surface area contributed by atoms with Crippen molar-refractivity contribution in [3.8, 4) is 0 Å². The van der Waals surface area contributed by atoms with Gasteiger partial charge in [-0.3, -0.25) is 4.79 Å². The second-order valence-corrected chi connectivity index (χ2v) is 6.03. The number of carbonyl (C=O) groups is 1. The van der Waals surface area contributed by atoms with Gasteiger partial charge in [0.15, 0.2) is 0 Å². The van der Waals surface area contributed by atoms with Crippen LogP contribution in [0.25, 0.3) is 21.8 Å². The number of fused-ring (bicyclic) bond motifs is 2. The fourth-order valence-electron chi connectivity index (χ4n) is 3.24. The number of hydrogen-bond acceptors (Lipinski definition) is 2. The van der Waals surface area contributed by atoms with Gasteiger partial charge >= 0.3 is 0 Å². The molecule has 3 aromatic carbocycles. The quantitative estimate of drug-likeness (QED) is 0.603. The van der Waals surface area contributed by atoms with Crippen LogP contribution in [0.15, 0.2) is 66.7 Å². The lowest BCUT2D eigenvalue weighted by Gasteiger charge is -2.11. The summed E-state index contributed by atoms with van der Waals surface area (Å²) in [4.78, 5) is 17.3. The Bertz CT molecular complexity index is 1060. The molecule has 0 unspecified atom stereocenters. The van der Waals surface area contributed by atoms with E-state index in [0.29, 0.717) is 0 Å². The molecule has 4 heteroatoms. The lowest BCUT2D eigenvalue weighted by Crippen LogP contribution is -2.20. The zero-order valence-corrected chi connectivity index (χ0v) is 14.1. The molecule has 0 spiro atoms. The summed E-state index contributed by atoms with van der Waals surface area (Å²) in [5.74, 6) is 0.878. The number of hydrogen-bond donors (Lipinski definition) is 1. The number of imidazole rings is 1. The van der Waals surface area contributed by atoms with Crippen LogP contribution in [-0.2, 0) is 17.8 Å². The summed E-state index contributed by atoms with van der Waals surface area (Å²) in [6, 6.07) is 21.9.